The van der Waals surface area contributed by atoms with Crippen molar-refractivity contribution in [2.45, 2.75) is 65.0 Å². The van der Waals surface area contributed by atoms with Crippen molar-refractivity contribution < 1.29 is 0 Å². The summed E-state index contributed by atoms with van der Waals surface area (Å²) in [5.41, 5.74) is 0. The highest BCUT2D eigenvalue weighted by atomic mass is 15.2. The van der Waals surface area contributed by atoms with Gasteiger partial charge in [-0.1, -0.05) is 26.7 Å². The van der Waals surface area contributed by atoms with E-state index in [1.165, 1.54) is 32.1 Å². The van der Waals surface area contributed by atoms with E-state index in [9.17, 15) is 0 Å². The highest BCUT2D eigenvalue weighted by Crippen LogP contribution is 2.25. The third-order valence-corrected chi connectivity index (χ3v) is 4.26. The molecule has 2 atom stereocenters. The van der Waals surface area contributed by atoms with Crippen molar-refractivity contribution in [3.8, 4) is 0 Å². The summed E-state index contributed by atoms with van der Waals surface area (Å²) in [6.45, 7) is 9.30. The Morgan fingerprint density at radius 2 is 1.88 bits per heavy atom. The smallest absolute Gasteiger partial charge is 0.0105 e. The number of nitrogens with one attached hydrogen (secondary N) is 1. The van der Waals surface area contributed by atoms with E-state index in [1.807, 2.05) is 0 Å². The van der Waals surface area contributed by atoms with E-state index in [0.29, 0.717) is 6.04 Å². The topological polar surface area (TPSA) is 15.3 Å². The molecule has 0 heterocycles. The minimum Gasteiger partial charge on any atom is -0.316 e. The predicted octanol–water partition coefficient (Wildman–Crippen LogP) is 2.89. The van der Waals surface area contributed by atoms with Gasteiger partial charge < -0.3 is 10.2 Å². The summed E-state index contributed by atoms with van der Waals surface area (Å²) >= 11 is 0. The fourth-order valence-corrected chi connectivity index (χ4v) is 2.72. The molecule has 1 saturated carbocycles. The third kappa shape index (κ3) is 4.06. The lowest BCUT2D eigenvalue weighted by atomic mass is 10.0. The zero-order valence-electron chi connectivity index (χ0n) is 11.6. The highest BCUT2D eigenvalue weighted by Gasteiger charge is 2.25. The van der Waals surface area contributed by atoms with Crippen molar-refractivity contribution in [3.05, 3.63) is 0 Å². The van der Waals surface area contributed by atoms with E-state index in [-0.39, 0.29) is 0 Å². The van der Waals surface area contributed by atoms with Crippen LogP contribution in [0.25, 0.3) is 0 Å². The molecule has 0 bridgehead atoms. The van der Waals surface area contributed by atoms with Crippen LogP contribution < -0.4 is 5.32 Å². The molecule has 0 amide bonds. The van der Waals surface area contributed by atoms with Gasteiger partial charge in [-0.05, 0) is 52.2 Å². The standard InChI is InChI=1S/C14H30N2/c1-5-10-15-11-12(2)13(3)16(4)14-8-6-7-9-14/h12-15H,5-11H2,1-4H3. The van der Waals surface area contributed by atoms with Crippen LogP contribution >= 0.6 is 0 Å². The van der Waals surface area contributed by atoms with Gasteiger partial charge in [0.15, 0.2) is 0 Å². The van der Waals surface area contributed by atoms with Crippen LogP contribution in [-0.2, 0) is 0 Å². The molecule has 2 nitrogen and oxygen atoms in total. The minimum atomic E-state index is 0.701. The molecule has 2 heteroatoms. The molecule has 0 spiro atoms. The van der Waals surface area contributed by atoms with E-state index in [4.69, 9.17) is 0 Å². The summed E-state index contributed by atoms with van der Waals surface area (Å²) in [6.07, 6.45) is 6.93. The Morgan fingerprint density at radius 1 is 1.25 bits per heavy atom. The van der Waals surface area contributed by atoms with Gasteiger partial charge in [0.1, 0.15) is 0 Å². The van der Waals surface area contributed by atoms with E-state index < -0.39 is 0 Å². The predicted molar refractivity (Wildman–Crippen MR) is 71.8 cm³/mol. The Bertz CT molecular complexity index is 176. The monoisotopic (exact) mass is 226 g/mol. The molecule has 0 radical (unpaired) electrons. The molecule has 0 saturated heterocycles. The Balaban J connectivity index is 2.27. The first-order valence-electron chi connectivity index (χ1n) is 7.09. The zero-order chi connectivity index (χ0) is 12.0. The Morgan fingerprint density at radius 3 is 2.44 bits per heavy atom. The molecule has 1 aliphatic rings. The molecule has 1 N–H and O–H groups in total. The maximum absolute atomic E-state index is 3.53. The number of hydrogen-bond donors (Lipinski definition) is 1. The van der Waals surface area contributed by atoms with E-state index in [1.54, 1.807) is 0 Å². The van der Waals surface area contributed by atoms with Gasteiger partial charge in [0.25, 0.3) is 0 Å². The summed E-state index contributed by atoms with van der Waals surface area (Å²) < 4.78 is 0. The fourth-order valence-electron chi connectivity index (χ4n) is 2.72. The van der Waals surface area contributed by atoms with Crippen LogP contribution in [0.5, 0.6) is 0 Å². The first-order valence-corrected chi connectivity index (χ1v) is 7.09. The lowest BCUT2D eigenvalue weighted by Gasteiger charge is -2.34. The summed E-state index contributed by atoms with van der Waals surface area (Å²) in [5.74, 6) is 0.747. The van der Waals surface area contributed by atoms with Gasteiger partial charge in [0, 0.05) is 12.1 Å². The second-order valence-corrected chi connectivity index (χ2v) is 5.53. The Labute approximate surface area is 102 Å². The summed E-state index contributed by atoms with van der Waals surface area (Å²) in [7, 11) is 2.32. The normalized spacial score (nSPS) is 21.6. The first kappa shape index (κ1) is 14.0. The molecule has 0 aromatic carbocycles. The second-order valence-electron chi connectivity index (χ2n) is 5.53. The van der Waals surface area contributed by atoms with Crippen molar-refractivity contribution in [1.82, 2.24) is 10.2 Å². The molecule has 1 rings (SSSR count). The van der Waals surface area contributed by atoms with E-state index in [0.717, 1.165) is 25.0 Å². The van der Waals surface area contributed by atoms with Gasteiger partial charge in [-0.15, -0.1) is 0 Å². The van der Waals surface area contributed by atoms with Crippen LogP contribution in [0, 0.1) is 5.92 Å². The van der Waals surface area contributed by atoms with Crippen LogP contribution in [0.4, 0.5) is 0 Å². The lowest BCUT2D eigenvalue weighted by Crippen LogP contribution is -2.43. The number of nitrogens with zero attached hydrogens (tertiary/aromatic N) is 1. The van der Waals surface area contributed by atoms with Gasteiger partial charge in [0.05, 0.1) is 0 Å². The van der Waals surface area contributed by atoms with Gasteiger partial charge in [0.2, 0.25) is 0 Å². The minimum absolute atomic E-state index is 0.701. The quantitative estimate of drug-likeness (QED) is 0.672. The highest BCUT2D eigenvalue weighted by molar-refractivity contribution is 4.81. The molecule has 0 aromatic rings. The second kappa shape index (κ2) is 7.29. The van der Waals surface area contributed by atoms with E-state index in [2.05, 4.69) is 38.0 Å². The molecule has 0 aromatic heterocycles. The third-order valence-electron chi connectivity index (χ3n) is 4.26. The van der Waals surface area contributed by atoms with E-state index >= 15 is 0 Å². The van der Waals surface area contributed by atoms with Crippen LogP contribution in [0.1, 0.15) is 52.9 Å². The molecule has 1 aliphatic carbocycles. The van der Waals surface area contributed by atoms with Crippen molar-refractivity contribution in [2.75, 3.05) is 20.1 Å². The first-order chi connectivity index (χ1) is 7.66. The van der Waals surface area contributed by atoms with Crippen LogP contribution in [0.15, 0.2) is 0 Å². The average molecular weight is 226 g/mol. The van der Waals surface area contributed by atoms with Crippen molar-refractivity contribution in [1.29, 1.82) is 0 Å². The van der Waals surface area contributed by atoms with Crippen LogP contribution in [0.3, 0.4) is 0 Å². The fraction of sp³-hybridized carbons (Fsp3) is 1.00. The van der Waals surface area contributed by atoms with Crippen molar-refractivity contribution >= 4 is 0 Å². The lowest BCUT2D eigenvalue weighted by molar-refractivity contribution is 0.142. The van der Waals surface area contributed by atoms with Gasteiger partial charge in [-0.2, -0.15) is 0 Å². The van der Waals surface area contributed by atoms with Gasteiger partial charge in [-0.3, -0.25) is 0 Å². The van der Waals surface area contributed by atoms with Gasteiger partial charge in [-0.25, -0.2) is 0 Å². The molecular formula is C14H30N2. The van der Waals surface area contributed by atoms with Crippen LogP contribution in [-0.4, -0.2) is 37.1 Å². The maximum atomic E-state index is 3.53. The average Bonchev–Trinajstić information content (AvgIpc) is 2.80. The van der Waals surface area contributed by atoms with Crippen LogP contribution in [0.2, 0.25) is 0 Å². The molecule has 96 valence electrons. The number of rotatable bonds is 7. The van der Waals surface area contributed by atoms with Gasteiger partial charge >= 0.3 is 0 Å². The number of hydrogen-bond acceptors (Lipinski definition) is 2. The Kier molecular flexibility index (Phi) is 6.37. The van der Waals surface area contributed by atoms with Crippen molar-refractivity contribution in [3.63, 3.8) is 0 Å². The van der Waals surface area contributed by atoms with Crippen molar-refractivity contribution in [2.24, 2.45) is 5.92 Å². The molecule has 1 fully saturated rings. The molecule has 2 unspecified atom stereocenters. The summed E-state index contributed by atoms with van der Waals surface area (Å²) in [5, 5.41) is 3.53. The SMILES string of the molecule is CCCNCC(C)C(C)N(C)C1CCCC1. The summed E-state index contributed by atoms with van der Waals surface area (Å²) in [4.78, 5) is 2.62. The molecule has 0 aliphatic heterocycles. The largest absolute Gasteiger partial charge is 0.316 e. The molecular weight excluding hydrogens is 196 g/mol. The Hall–Kier alpha value is -0.0800. The molecule has 16 heavy (non-hydrogen) atoms. The maximum Gasteiger partial charge on any atom is 0.0105 e. The summed E-state index contributed by atoms with van der Waals surface area (Å²) in [6, 6.07) is 1.55. The zero-order valence-corrected chi connectivity index (χ0v) is 11.6.